The minimum atomic E-state index is 0.364. The van der Waals surface area contributed by atoms with E-state index in [1.54, 1.807) is 0 Å². The predicted molar refractivity (Wildman–Crippen MR) is 53.1 cm³/mol. The minimum Gasteiger partial charge on any atom is -0.328 e. The van der Waals surface area contributed by atoms with E-state index in [9.17, 15) is 0 Å². The summed E-state index contributed by atoms with van der Waals surface area (Å²) < 4.78 is 5.15. The Bertz CT molecular complexity index is 299. The van der Waals surface area contributed by atoms with Crippen molar-refractivity contribution in [3.05, 3.63) is 5.82 Å². The lowest BCUT2D eigenvalue weighted by Crippen LogP contribution is -2.44. The Morgan fingerprint density at radius 1 is 1.57 bits per heavy atom. The van der Waals surface area contributed by atoms with Crippen LogP contribution in [0.4, 0.5) is 6.01 Å². The molecule has 2 heterocycles. The molecule has 0 amide bonds. The fourth-order valence-corrected chi connectivity index (χ4v) is 1.90. The van der Waals surface area contributed by atoms with E-state index in [2.05, 4.69) is 15.0 Å². The third kappa shape index (κ3) is 1.72. The highest BCUT2D eigenvalue weighted by Crippen LogP contribution is 2.22. The van der Waals surface area contributed by atoms with Crippen molar-refractivity contribution in [2.24, 2.45) is 5.73 Å². The fraction of sp³-hybridized carbons (Fsp3) is 0.778. The van der Waals surface area contributed by atoms with Gasteiger partial charge >= 0.3 is 6.01 Å². The molecule has 5 nitrogen and oxygen atoms in total. The van der Waals surface area contributed by atoms with E-state index in [1.807, 2.05) is 6.92 Å². The molecule has 1 fully saturated rings. The Balaban J connectivity index is 2.14. The van der Waals surface area contributed by atoms with E-state index in [4.69, 9.17) is 10.3 Å². The summed E-state index contributed by atoms with van der Waals surface area (Å²) in [6.45, 7) is 3.46. The van der Waals surface area contributed by atoms with Gasteiger partial charge in [-0.05, 0) is 26.2 Å². The molecule has 2 N–H and O–H groups in total. The zero-order chi connectivity index (χ0) is 9.97. The number of nitrogens with zero attached hydrogens (tertiary/aromatic N) is 3. The molecule has 1 saturated heterocycles. The van der Waals surface area contributed by atoms with Crippen molar-refractivity contribution < 1.29 is 4.52 Å². The van der Waals surface area contributed by atoms with Crippen LogP contribution in [0.1, 0.15) is 25.1 Å². The lowest BCUT2D eigenvalue weighted by atomic mass is 10.0. The summed E-state index contributed by atoms with van der Waals surface area (Å²) in [5.74, 6) is 0.682. The molecule has 0 radical (unpaired) electrons. The highest BCUT2D eigenvalue weighted by atomic mass is 16.5. The van der Waals surface area contributed by atoms with Gasteiger partial charge in [0.05, 0.1) is 0 Å². The number of rotatable bonds is 2. The van der Waals surface area contributed by atoms with Crippen LogP contribution in [0.25, 0.3) is 0 Å². The maximum atomic E-state index is 5.71. The van der Waals surface area contributed by atoms with Gasteiger partial charge in [0.1, 0.15) is 0 Å². The summed E-state index contributed by atoms with van der Waals surface area (Å²) in [6.07, 6.45) is 3.54. The average Bonchev–Trinajstić information content (AvgIpc) is 2.65. The van der Waals surface area contributed by atoms with Gasteiger partial charge in [-0.2, -0.15) is 4.98 Å². The van der Waals surface area contributed by atoms with E-state index in [0.29, 0.717) is 24.4 Å². The maximum Gasteiger partial charge on any atom is 0.324 e. The van der Waals surface area contributed by atoms with Crippen molar-refractivity contribution in [3.63, 3.8) is 0 Å². The van der Waals surface area contributed by atoms with Crippen LogP contribution in [0.3, 0.4) is 0 Å². The molecule has 0 aromatic carbocycles. The van der Waals surface area contributed by atoms with Gasteiger partial charge < -0.3 is 15.2 Å². The van der Waals surface area contributed by atoms with Crippen LogP contribution < -0.4 is 10.6 Å². The maximum absolute atomic E-state index is 5.71. The number of anilines is 1. The number of aromatic nitrogens is 2. The van der Waals surface area contributed by atoms with E-state index in [1.165, 1.54) is 12.8 Å². The lowest BCUT2D eigenvalue weighted by Gasteiger charge is -2.33. The minimum absolute atomic E-state index is 0.364. The van der Waals surface area contributed by atoms with Crippen LogP contribution in [0, 0.1) is 6.92 Å². The normalized spacial score (nSPS) is 22.7. The number of piperidine rings is 1. The van der Waals surface area contributed by atoms with Crippen molar-refractivity contribution in [2.75, 3.05) is 18.0 Å². The summed E-state index contributed by atoms with van der Waals surface area (Å²) in [6, 6.07) is 0.987. The number of hydrogen-bond donors (Lipinski definition) is 1. The largest absolute Gasteiger partial charge is 0.328 e. The molecule has 0 aliphatic carbocycles. The summed E-state index contributed by atoms with van der Waals surface area (Å²) in [5, 5.41) is 3.79. The molecule has 1 aromatic heterocycles. The van der Waals surface area contributed by atoms with Crippen LogP contribution in [-0.2, 0) is 0 Å². The highest BCUT2D eigenvalue weighted by Gasteiger charge is 2.25. The molecule has 5 heteroatoms. The molecule has 1 aliphatic heterocycles. The van der Waals surface area contributed by atoms with Crippen LogP contribution in [0.2, 0.25) is 0 Å². The smallest absolute Gasteiger partial charge is 0.324 e. The Morgan fingerprint density at radius 3 is 3.07 bits per heavy atom. The van der Waals surface area contributed by atoms with Crippen molar-refractivity contribution >= 4 is 6.01 Å². The molecular formula is C9H16N4O. The first-order chi connectivity index (χ1) is 6.81. The average molecular weight is 196 g/mol. The quantitative estimate of drug-likeness (QED) is 0.754. The fourth-order valence-electron chi connectivity index (χ4n) is 1.90. The molecule has 1 unspecified atom stereocenters. The van der Waals surface area contributed by atoms with Gasteiger partial charge in [-0.15, -0.1) is 0 Å². The molecule has 2 rings (SSSR count). The molecule has 0 saturated carbocycles. The van der Waals surface area contributed by atoms with E-state index < -0.39 is 0 Å². The summed E-state index contributed by atoms with van der Waals surface area (Å²) >= 11 is 0. The molecule has 1 atom stereocenters. The molecule has 1 aliphatic rings. The molecule has 0 spiro atoms. The van der Waals surface area contributed by atoms with Crippen molar-refractivity contribution in [2.45, 2.75) is 32.2 Å². The molecule has 14 heavy (non-hydrogen) atoms. The second-order valence-electron chi connectivity index (χ2n) is 3.70. The Hall–Kier alpha value is -1.10. The third-order valence-corrected chi connectivity index (χ3v) is 2.66. The van der Waals surface area contributed by atoms with Gasteiger partial charge in [0.2, 0.25) is 0 Å². The third-order valence-electron chi connectivity index (χ3n) is 2.66. The first kappa shape index (κ1) is 9.45. The van der Waals surface area contributed by atoms with Gasteiger partial charge in [0.15, 0.2) is 5.82 Å². The number of nitrogens with two attached hydrogens (primary N) is 1. The van der Waals surface area contributed by atoms with Crippen LogP contribution in [0.15, 0.2) is 4.52 Å². The van der Waals surface area contributed by atoms with Crippen molar-refractivity contribution in [3.8, 4) is 0 Å². The SMILES string of the molecule is Cc1noc(N2CCCCC2CN)n1. The number of hydrogen-bond acceptors (Lipinski definition) is 5. The van der Waals surface area contributed by atoms with Gasteiger partial charge in [-0.3, -0.25) is 0 Å². The Labute approximate surface area is 83.3 Å². The lowest BCUT2D eigenvalue weighted by molar-refractivity contribution is 0.371. The molecule has 0 bridgehead atoms. The van der Waals surface area contributed by atoms with E-state index >= 15 is 0 Å². The zero-order valence-electron chi connectivity index (χ0n) is 8.44. The molecular weight excluding hydrogens is 180 g/mol. The second-order valence-corrected chi connectivity index (χ2v) is 3.70. The van der Waals surface area contributed by atoms with E-state index in [0.717, 1.165) is 13.0 Å². The highest BCUT2D eigenvalue weighted by molar-refractivity contribution is 5.28. The molecule has 78 valence electrons. The van der Waals surface area contributed by atoms with Crippen LogP contribution >= 0.6 is 0 Å². The predicted octanol–water partition coefficient (Wildman–Crippen LogP) is 0.696. The molecule has 1 aromatic rings. The van der Waals surface area contributed by atoms with Crippen molar-refractivity contribution in [1.29, 1.82) is 0 Å². The Morgan fingerprint density at radius 2 is 2.43 bits per heavy atom. The first-order valence-corrected chi connectivity index (χ1v) is 5.08. The monoisotopic (exact) mass is 196 g/mol. The van der Waals surface area contributed by atoms with Gasteiger partial charge in [0.25, 0.3) is 0 Å². The first-order valence-electron chi connectivity index (χ1n) is 5.08. The van der Waals surface area contributed by atoms with Gasteiger partial charge in [-0.25, -0.2) is 0 Å². The van der Waals surface area contributed by atoms with Crippen LogP contribution in [0.5, 0.6) is 0 Å². The number of aryl methyl sites for hydroxylation is 1. The Kier molecular flexibility index (Phi) is 2.67. The second kappa shape index (κ2) is 3.96. The van der Waals surface area contributed by atoms with Crippen molar-refractivity contribution in [1.82, 2.24) is 10.1 Å². The topological polar surface area (TPSA) is 68.2 Å². The summed E-state index contributed by atoms with van der Waals surface area (Å²) in [5.41, 5.74) is 5.71. The van der Waals surface area contributed by atoms with E-state index in [-0.39, 0.29) is 0 Å². The van der Waals surface area contributed by atoms with Crippen LogP contribution in [-0.4, -0.2) is 29.3 Å². The summed E-state index contributed by atoms with van der Waals surface area (Å²) in [7, 11) is 0. The zero-order valence-corrected chi connectivity index (χ0v) is 8.44. The van der Waals surface area contributed by atoms with Gasteiger partial charge in [-0.1, -0.05) is 5.16 Å². The summed E-state index contributed by atoms with van der Waals surface area (Å²) in [4.78, 5) is 6.35. The van der Waals surface area contributed by atoms with Gasteiger partial charge in [0, 0.05) is 19.1 Å². The standard InChI is InChI=1S/C9H16N4O/c1-7-11-9(14-12-7)13-5-3-2-4-8(13)6-10/h8H,2-6,10H2,1H3.